The van der Waals surface area contributed by atoms with Gasteiger partial charge in [-0.15, -0.1) is 0 Å². The van der Waals surface area contributed by atoms with Crippen molar-refractivity contribution in [2.45, 2.75) is 86.4 Å². The second-order valence-electron chi connectivity index (χ2n) is 12.2. The number of halogens is 1. The lowest BCUT2D eigenvalue weighted by atomic mass is 9.67. The van der Waals surface area contributed by atoms with Gasteiger partial charge in [0.2, 0.25) is 19.5 Å². The number of carbonyl (C=O) groups is 1. The van der Waals surface area contributed by atoms with Gasteiger partial charge in [-0.2, -0.15) is 5.10 Å². The van der Waals surface area contributed by atoms with Gasteiger partial charge in [0.05, 0.1) is 28.9 Å². The van der Waals surface area contributed by atoms with E-state index in [1.807, 2.05) is 48.1 Å². The number of hydrogen-bond donors (Lipinski definition) is 1. The molecule has 1 aromatic carbocycles. The zero-order valence-electron chi connectivity index (χ0n) is 26.0. The number of amides is 1. The van der Waals surface area contributed by atoms with Gasteiger partial charge in [-0.1, -0.05) is 58.4 Å². The fourth-order valence-corrected chi connectivity index (χ4v) is 6.62. The summed E-state index contributed by atoms with van der Waals surface area (Å²) < 4.78 is 26.1. The van der Waals surface area contributed by atoms with E-state index < -0.39 is 17.8 Å². The molecule has 2 unspecified atom stereocenters. The highest BCUT2D eigenvalue weighted by atomic mass is 35.5. The average Bonchev–Trinajstić information content (AvgIpc) is 3.34. The summed E-state index contributed by atoms with van der Waals surface area (Å²) in [5, 5.41) is 5.89. The van der Waals surface area contributed by atoms with Crippen LogP contribution in [0.25, 0.3) is 22.3 Å². The molecule has 0 aliphatic rings. The molecule has 42 heavy (non-hydrogen) atoms. The van der Waals surface area contributed by atoms with Crippen molar-refractivity contribution in [3.8, 4) is 17.0 Å². The minimum atomic E-state index is -0.802. The number of nitrogens with zero attached hydrogens (tertiary/aromatic N) is 3. The molecule has 0 aliphatic heterocycles. The molecule has 0 aliphatic carbocycles. The van der Waals surface area contributed by atoms with Crippen LogP contribution in [0.15, 0.2) is 36.5 Å². The first-order valence-electron chi connectivity index (χ1n) is 14.1. The highest BCUT2D eigenvalue weighted by Gasteiger charge is 2.47. The number of nitrogens with two attached hydrogens (primary N) is 1. The number of carbonyl (C=O) groups excluding carboxylic acids is 1. The van der Waals surface area contributed by atoms with E-state index in [0.717, 1.165) is 22.3 Å². The molecule has 0 spiro atoms. The molecule has 4 radical (unpaired) electrons. The Bertz CT molecular complexity index is 1340. The smallest absolute Gasteiger partial charge is 0.404 e. The van der Waals surface area contributed by atoms with Gasteiger partial charge in [0.25, 0.3) is 0 Å². The van der Waals surface area contributed by atoms with Gasteiger partial charge in [-0.3, -0.25) is 0 Å². The lowest BCUT2D eigenvalue weighted by Crippen LogP contribution is -2.51. The van der Waals surface area contributed by atoms with E-state index in [4.69, 9.17) is 40.6 Å². The Morgan fingerprint density at radius 1 is 1.10 bits per heavy atom. The Morgan fingerprint density at radius 3 is 2.33 bits per heavy atom. The summed E-state index contributed by atoms with van der Waals surface area (Å²) in [7, 11) is 0.498. The molecule has 0 saturated heterocycles. The molecule has 2 atom stereocenters. The van der Waals surface area contributed by atoms with Gasteiger partial charge in [-0.05, 0) is 57.0 Å². The molecule has 0 fully saturated rings. The van der Waals surface area contributed by atoms with Crippen LogP contribution in [0.4, 0.5) is 4.79 Å². The van der Waals surface area contributed by atoms with Crippen LogP contribution in [0, 0.1) is 16.7 Å². The first-order valence-corrected chi connectivity index (χ1v) is 17.3. The number of rotatable bonds is 14. The molecule has 1 amide bonds. The summed E-state index contributed by atoms with van der Waals surface area (Å²) >= 11 is 6.67. The van der Waals surface area contributed by atoms with Crippen LogP contribution < -0.4 is 10.5 Å². The van der Waals surface area contributed by atoms with Crippen LogP contribution >= 0.6 is 11.6 Å². The summed E-state index contributed by atoms with van der Waals surface area (Å²) in [4.78, 5) is 16.4. The summed E-state index contributed by atoms with van der Waals surface area (Å²) in [5.41, 5.74) is 6.84. The van der Waals surface area contributed by atoms with Crippen molar-refractivity contribution < 1.29 is 23.1 Å². The van der Waals surface area contributed by atoms with E-state index in [1.54, 1.807) is 6.20 Å². The van der Waals surface area contributed by atoms with Gasteiger partial charge < -0.3 is 24.1 Å². The number of ether oxygens (including phenoxy) is 2. The first-order chi connectivity index (χ1) is 19.7. The van der Waals surface area contributed by atoms with Crippen LogP contribution in [0.3, 0.4) is 0 Å². The standard InChI is InChI=1S/C30H43ClN4O5Si2/c1-18(2)35-26-21(17-33-35)23(31)16-24(34-26)19-11-10-12-20(15-19)38-25(29(3,4)5)22(13-14-37-28(32)36)30(6,7)27(39-41-8)40-42-9/h10-12,15-18,22,25,27H,13-14H2,1-9H3,(H2,32,36). The van der Waals surface area contributed by atoms with E-state index in [2.05, 4.69) is 53.6 Å². The Kier molecular flexibility index (Phi) is 11.6. The van der Waals surface area contributed by atoms with Gasteiger partial charge in [-0.25, -0.2) is 14.5 Å². The van der Waals surface area contributed by atoms with E-state index in [0.29, 0.717) is 17.2 Å². The predicted octanol–water partition coefficient (Wildman–Crippen LogP) is 6.95. The Labute approximate surface area is 259 Å². The third-order valence-electron chi connectivity index (χ3n) is 7.30. The predicted molar refractivity (Wildman–Crippen MR) is 169 cm³/mol. The van der Waals surface area contributed by atoms with Gasteiger partial charge in [0.15, 0.2) is 5.65 Å². The number of fused-ring (bicyclic) bond motifs is 1. The zero-order valence-corrected chi connectivity index (χ0v) is 28.8. The van der Waals surface area contributed by atoms with Crippen LogP contribution in [0.1, 0.15) is 60.9 Å². The van der Waals surface area contributed by atoms with Gasteiger partial charge in [0, 0.05) is 22.9 Å². The number of benzene rings is 1. The molecule has 3 aromatic rings. The molecule has 0 saturated carbocycles. The number of hydrogen-bond acceptors (Lipinski definition) is 7. The van der Waals surface area contributed by atoms with Crippen LogP contribution in [-0.4, -0.2) is 59.4 Å². The van der Waals surface area contributed by atoms with Gasteiger partial charge >= 0.3 is 6.09 Å². The number of aromatic nitrogens is 3. The highest BCUT2D eigenvalue weighted by Crippen LogP contribution is 2.44. The lowest BCUT2D eigenvalue weighted by Gasteiger charge is -2.47. The normalized spacial score (nSPS) is 14.0. The summed E-state index contributed by atoms with van der Waals surface area (Å²) in [6.07, 6.45) is 0.684. The van der Waals surface area contributed by atoms with Crippen molar-refractivity contribution in [2.24, 2.45) is 22.5 Å². The van der Waals surface area contributed by atoms with Crippen molar-refractivity contribution >= 4 is 48.3 Å². The molecule has 2 aromatic heterocycles. The van der Waals surface area contributed by atoms with Crippen molar-refractivity contribution in [3.63, 3.8) is 0 Å². The van der Waals surface area contributed by atoms with Crippen molar-refractivity contribution in [3.05, 3.63) is 41.6 Å². The quantitative estimate of drug-likeness (QED) is 0.152. The maximum atomic E-state index is 11.4. The second-order valence-corrected chi connectivity index (χ2v) is 13.9. The molecule has 12 heteroatoms. The van der Waals surface area contributed by atoms with Crippen molar-refractivity contribution in [2.75, 3.05) is 6.61 Å². The Hall–Kier alpha value is -2.45. The maximum absolute atomic E-state index is 11.4. The summed E-state index contributed by atoms with van der Waals surface area (Å²) in [6, 6.07) is 9.86. The topological polar surface area (TPSA) is 111 Å². The zero-order chi connectivity index (χ0) is 31.2. The van der Waals surface area contributed by atoms with Crippen molar-refractivity contribution in [1.29, 1.82) is 0 Å². The lowest BCUT2D eigenvalue weighted by molar-refractivity contribution is -0.141. The Balaban J connectivity index is 2.04. The number of pyridine rings is 1. The number of primary amides is 1. The van der Waals surface area contributed by atoms with E-state index in [9.17, 15) is 4.79 Å². The second kappa shape index (κ2) is 14.4. The third kappa shape index (κ3) is 8.13. The Morgan fingerprint density at radius 2 is 1.76 bits per heavy atom. The minimum absolute atomic E-state index is 0.137. The van der Waals surface area contributed by atoms with Gasteiger partial charge in [0.1, 0.15) is 18.1 Å². The molecule has 228 valence electrons. The highest BCUT2D eigenvalue weighted by molar-refractivity contribution is 6.35. The monoisotopic (exact) mass is 630 g/mol. The van der Waals surface area contributed by atoms with Crippen LogP contribution in [0.5, 0.6) is 5.75 Å². The molecular formula is C30H43ClN4O5Si2. The summed E-state index contributed by atoms with van der Waals surface area (Å²) in [6.45, 7) is 18.9. The van der Waals surface area contributed by atoms with Crippen LogP contribution in [-0.2, 0) is 13.6 Å². The third-order valence-corrected chi connectivity index (χ3v) is 8.52. The molecular weight excluding hydrogens is 588 g/mol. The average molecular weight is 631 g/mol. The van der Waals surface area contributed by atoms with Crippen LogP contribution in [0.2, 0.25) is 18.1 Å². The van der Waals surface area contributed by atoms with E-state index in [1.165, 1.54) is 0 Å². The fourth-order valence-electron chi connectivity index (χ4n) is 5.16. The van der Waals surface area contributed by atoms with E-state index in [-0.39, 0.29) is 49.6 Å². The SMILES string of the molecule is C[Si]OC(O[Si]C)C(C)(C)C(CCOC(N)=O)C(Oc1cccc(-c2cc(Cl)c3cnn(C(C)C)c3n2)c1)C(C)(C)C. The first kappa shape index (κ1) is 34.0. The molecule has 2 heterocycles. The van der Waals surface area contributed by atoms with E-state index >= 15 is 0 Å². The minimum Gasteiger partial charge on any atom is -0.490 e. The maximum Gasteiger partial charge on any atom is 0.404 e. The molecule has 3 rings (SSSR count). The molecule has 2 N–H and O–H groups in total. The van der Waals surface area contributed by atoms with Crippen molar-refractivity contribution in [1.82, 2.24) is 14.8 Å². The largest absolute Gasteiger partial charge is 0.490 e. The molecule has 9 nitrogen and oxygen atoms in total. The fraction of sp³-hybridized carbons (Fsp3) is 0.567. The molecule has 0 bridgehead atoms. The summed E-state index contributed by atoms with van der Waals surface area (Å²) in [5.74, 6) is 0.551.